The van der Waals surface area contributed by atoms with Crippen LogP contribution in [0.4, 0.5) is 6.01 Å². The molecule has 0 fully saturated rings. The van der Waals surface area contributed by atoms with Crippen LogP contribution in [-0.2, 0) is 6.54 Å². The van der Waals surface area contributed by atoms with Gasteiger partial charge < -0.3 is 14.6 Å². The third kappa shape index (κ3) is 3.84. The van der Waals surface area contributed by atoms with Crippen LogP contribution in [0.1, 0.15) is 44.3 Å². The summed E-state index contributed by atoms with van der Waals surface area (Å²) in [6.45, 7) is 9.29. The lowest BCUT2D eigenvalue weighted by Gasteiger charge is -2.22. The molecule has 2 aromatic heterocycles. The minimum Gasteiger partial charge on any atom is -0.432 e. The number of nitrogens with zero attached hydrogens (tertiary/aromatic N) is 2. The highest BCUT2D eigenvalue weighted by Gasteiger charge is 2.18. The standard InChI is InChI=1S/C15H23N3OS/c1-11(13-7-6-8-20-13)18(5)14-17-12(10-19-14)9-16-15(2,3)4/h6-8,10-11,16H,9H2,1-5H3. The van der Waals surface area contributed by atoms with E-state index >= 15 is 0 Å². The number of hydrogen-bond donors (Lipinski definition) is 1. The molecule has 1 N–H and O–H groups in total. The highest BCUT2D eigenvalue weighted by molar-refractivity contribution is 7.10. The molecule has 2 heterocycles. The first-order valence-electron chi connectivity index (χ1n) is 6.82. The molecule has 4 nitrogen and oxygen atoms in total. The van der Waals surface area contributed by atoms with Gasteiger partial charge in [0.15, 0.2) is 0 Å². The molecule has 1 unspecified atom stereocenters. The average molecular weight is 293 g/mol. The Morgan fingerprint density at radius 1 is 1.45 bits per heavy atom. The van der Waals surface area contributed by atoms with Crippen LogP contribution in [0.15, 0.2) is 28.2 Å². The number of aromatic nitrogens is 1. The van der Waals surface area contributed by atoms with E-state index in [0.29, 0.717) is 12.6 Å². The smallest absolute Gasteiger partial charge is 0.297 e. The van der Waals surface area contributed by atoms with Gasteiger partial charge in [-0.25, -0.2) is 0 Å². The number of nitrogens with one attached hydrogen (secondary N) is 1. The van der Waals surface area contributed by atoms with Crippen LogP contribution >= 0.6 is 11.3 Å². The van der Waals surface area contributed by atoms with Crippen LogP contribution in [0.2, 0.25) is 0 Å². The van der Waals surface area contributed by atoms with Crippen molar-refractivity contribution >= 4 is 17.4 Å². The van der Waals surface area contributed by atoms with Gasteiger partial charge in [-0.05, 0) is 39.1 Å². The average Bonchev–Trinajstić information content (AvgIpc) is 3.04. The minimum absolute atomic E-state index is 0.0786. The van der Waals surface area contributed by atoms with Crippen LogP contribution in [0.5, 0.6) is 0 Å². The SMILES string of the molecule is CC(c1cccs1)N(C)c1nc(CNC(C)(C)C)co1. The molecule has 0 aliphatic carbocycles. The van der Waals surface area contributed by atoms with E-state index in [-0.39, 0.29) is 11.6 Å². The van der Waals surface area contributed by atoms with Crippen molar-refractivity contribution in [3.8, 4) is 0 Å². The zero-order valence-electron chi connectivity index (χ0n) is 12.8. The number of thiophene rings is 1. The van der Waals surface area contributed by atoms with Crippen LogP contribution in [0, 0.1) is 0 Å². The second-order valence-electron chi connectivity index (χ2n) is 6.03. The summed E-state index contributed by atoms with van der Waals surface area (Å²) in [5, 5.41) is 5.50. The third-order valence-electron chi connectivity index (χ3n) is 3.18. The number of oxazole rings is 1. The molecular weight excluding hydrogens is 270 g/mol. The lowest BCUT2D eigenvalue weighted by Crippen LogP contribution is -2.35. The fourth-order valence-electron chi connectivity index (χ4n) is 1.78. The Labute approximate surface area is 124 Å². The fraction of sp³-hybridized carbons (Fsp3) is 0.533. The lowest BCUT2D eigenvalue weighted by atomic mass is 10.1. The molecule has 0 saturated heterocycles. The van der Waals surface area contributed by atoms with E-state index in [4.69, 9.17) is 4.42 Å². The molecular formula is C15H23N3OS. The molecule has 20 heavy (non-hydrogen) atoms. The maximum absolute atomic E-state index is 5.59. The maximum atomic E-state index is 5.59. The summed E-state index contributed by atoms with van der Waals surface area (Å²) >= 11 is 1.75. The molecule has 5 heteroatoms. The van der Waals surface area contributed by atoms with Gasteiger partial charge in [-0.3, -0.25) is 0 Å². The van der Waals surface area contributed by atoms with Gasteiger partial charge in [0, 0.05) is 24.0 Å². The van der Waals surface area contributed by atoms with E-state index in [2.05, 4.69) is 60.4 Å². The second-order valence-corrected chi connectivity index (χ2v) is 7.01. The summed E-state index contributed by atoms with van der Waals surface area (Å²) in [6, 6.07) is 5.13. The van der Waals surface area contributed by atoms with Crippen molar-refractivity contribution in [2.24, 2.45) is 0 Å². The third-order valence-corrected chi connectivity index (χ3v) is 4.22. The molecule has 0 aliphatic heterocycles. The molecule has 0 bridgehead atoms. The van der Waals surface area contributed by atoms with E-state index in [1.165, 1.54) is 4.88 Å². The topological polar surface area (TPSA) is 41.3 Å². The number of anilines is 1. The van der Waals surface area contributed by atoms with E-state index < -0.39 is 0 Å². The Balaban J connectivity index is 2.01. The van der Waals surface area contributed by atoms with Crippen molar-refractivity contribution in [3.05, 3.63) is 34.3 Å². The minimum atomic E-state index is 0.0786. The molecule has 2 aromatic rings. The van der Waals surface area contributed by atoms with Gasteiger partial charge in [0.1, 0.15) is 6.26 Å². The first kappa shape index (κ1) is 15.1. The van der Waals surface area contributed by atoms with Gasteiger partial charge in [-0.1, -0.05) is 6.07 Å². The first-order valence-corrected chi connectivity index (χ1v) is 7.70. The first-order chi connectivity index (χ1) is 9.37. The van der Waals surface area contributed by atoms with Gasteiger partial charge in [-0.15, -0.1) is 11.3 Å². The molecule has 0 radical (unpaired) electrons. The molecule has 110 valence electrons. The van der Waals surface area contributed by atoms with Crippen molar-refractivity contribution in [2.75, 3.05) is 11.9 Å². The molecule has 0 aromatic carbocycles. The highest BCUT2D eigenvalue weighted by atomic mass is 32.1. The molecule has 2 rings (SSSR count). The summed E-state index contributed by atoms with van der Waals surface area (Å²) in [5.74, 6) is 0. The van der Waals surface area contributed by atoms with Crippen molar-refractivity contribution in [3.63, 3.8) is 0 Å². The predicted octanol–water partition coefficient (Wildman–Crippen LogP) is 3.82. The maximum Gasteiger partial charge on any atom is 0.297 e. The van der Waals surface area contributed by atoms with E-state index in [1.807, 2.05) is 7.05 Å². The summed E-state index contributed by atoms with van der Waals surface area (Å²) < 4.78 is 5.59. The predicted molar refractivity (Wildman–Crippen MR) is 84.2 cm³/mol. The largest absolute Gasteiger partial charge is 0.432 e. The normalized spacial score (nSPS) is 13.4. The Bertz CT molecular complexity index is 528. The molecule has 0 amide bonds. The Morgan fingerprint density at radius 3 is 2.80 bits per heavy atom. The van der Waals surface area contributed by atoms with Crippen LogP contribution in [-0.4, -0.2) is 17.6 Å². The van der Waals surface area contributed by atoms with Gasteiger partial charge in [0.2, 0.25) is 0 Å². The quantitative estimate of drug-likeness (QED) is 0.910. The number of hydrogen-bond acceptors (Lipinski definition) is 5. The van der Waals surface area contributed by atoms with Crippen molar-refractivity contribution in [1.29, 1.82) is 0 Å². The Morgan fingerprint density at radius 2 is 2.20 bits per heavy atom. The Hall–Kier alpha value is -1.33. The monoisotopic (exact) mass is 293 g/mol. The molecule has 0 aliphatic rings. The number of rotatable bonds is 5. The second kappa shape index (κ2) is 5.97. The molecule has 1 atom stereocenters. The van der Waals surface area contributed by atoms with E-state index in [0.717, 1.165) is 5.69 Å². The fourth-order valence-corrected chi connectivity index (χ4v) is 2.61. The van der Waals surface area contributed by atoms with Crippen LogP contribution in [0.3, 0.4) is 0 Å². The van der Waals surface area contributed by atoms with Gasteiger partial charge in [0.05, 0.1) is 11.7 Å². The van der Waals surface area contributed by atoms with Gasteiger partial charge in [-0.2, -0.15) is 4.98 Å². The zero-order chi connectivity index (χ0) is 14.8. The van der Waals surface area contributed by atoms with Gasteiger partial charge in [0.25, 0.3) is 6.01 Å². The zero-order valence-corrected chi connectivity index (χ0v) is 13.6. The molecule has 0 saturated carbocycles. The highest BCUT2D eigenvalue weighted by Crippen LogP contribution is 2.27. The van der Waals surface area contributed by atoms with Gasteiger partial charge >= 0.3 is 0 Å². The van der Waals surface area contributed by atoms with E-state index in [9.17, 15) is 0 Å². The van der Waals surface area contributed by atoms with Crippen LogP contribution in [0.25, 0.3) is 0 Å². The van der Waals surface area contributed by atoms with Crippen molar-refractivity contribution in [1.82, 2.24) is 10.3 Å². The summed E-state index contributed by atoms with van der Waals surface area (Å²) in [5.41, 5.74) is 1.01. The molecule has 0 spiro atoms. The van der Waals surface area contributed by atoms with Crippen LogP contribution < -0.4 is 10.2 Å². The van der Waals surface area contributed by atoms with E-state index in [1.54, 1.807) is 17.6 Å². The Kier molecular flexibility index (Phi) is 4.50. The van der Waals surface area contributed by atoms with Crippen molar-refractivity contribution in [2.45, 2.75) is 45.8 Å². The summed E-state index contributed by atoms with van der Waals surface area (Å²) in [7, 11) is 2.01. The summed E-state index contributed by atoms with van der Waals surface area (Å²) in [4.78, 5) is 7.91. The van der Waals surface area contributed by atoms with Crippen molar-refractivity contribution < 1.29 is 4.42 Å². The lowest BCUT2D eigenvalue weighted by molar-refractivity contribution is 0.421. The summed E-state index contributed by atoms with van der Waals surface area (Å²) in [6.07, 6.45) is 1.73.